The van der Waals surface area contributed by atoms with Crippen LogP contribution in [-0.2, 0) is 13.0 Å². The van der Waals surface area contributed by atoms with Gasteiger partial charge < -0.3 is 14.6 Å². The van der Waals surface area contributed by atoms with E-state index in [1.54, 1.807) is 11.3 Å². The van der Waals surface area contributed by atoms with Crippen LogP contribution in [0.5, 0.6) is 0 Å². The molecule has 0 radical (unpaired) electrons. The van der Waals surface area contributed by atoms with Crippen LogP contribution in [0.4, 0.5) is 0 Å². The Morgan fingerprint density at radius 3 is 2.87 bits per heavy atom. The molecule has 2 aliphatic heterocycles. The van der Waals surface area contributed by atoms with Crippen LogP contribution in [0.25, 0.3) is 10.6 Å². The van der Waals surface area contributed by atoms with E-state index < -0.39 is 6.10 Å². The third kappa shape index (κ3) is 5.08. The van der Waals surface area contributed by atoms with Crippen molar-refractivity contribution in [2.24, 2.45) is 4.99 Å². The molecule has 0 aliphatic carbocycles. The summed E-state index contributed by atoms with van der Waals surface area (Å²) < 4.78 is 2.11. The summed E-state index contributed by atoms with van der Waals surface area (Å²) in [5.74, 6) is 1.95. The molecule has 0 saturated heterocycles. The van der Waals surface area contributed by atoms with Crippen LogP contribution in [0.1, 0.15) is 33.0 Å². The maximum absolute atomic E-state index is 10.7. The van der Waals surface area contributed by atoms with Crippen molar-refractivity contribution in [3.05, 3.63) is 53.5 Å². The number of hydrogen-bond donors (Lipinski definition) is 2. The van der Waals surface area contributed by atoms with Gasteiger partial charge in [0, 0.05) is 37.3 Å². The van der Waals surface area contributed by atoms with Gasteiger partial charge in [0.25, 0.3) is 0 Å². The van der Waals surface area contributed by atoms with Crippen molar-refractivity contribution in [2.75, 3.05) is 13.6 Å². The number of likely N-dealkylation sites (N-methyl/N-ethyl adjacent to an activating group) is 1. The van der Waals surface area contributed by atoms with Crippen LogP contribution < -0.4 is 5.43 Å². The Morgan fingerprint density at radius 2 is 2.16 bits per heavy atom. The Balaban J connectivity index is 1.47. The molecule has 2 aromatic rings. The number of aryl methyl sites for hydroxylation is 1. The first-order valence-corrected chi connectivity index (χ1v) is 11.7. The van der Waals surface area contributed by atoms with Crippen molar-refractivity contribution >= 4 is 17.2 Å². The molecule has 0 fully saturated rings. The van der Waals surface area contributed by atoms with Crippen LogP contribution in [0, 0.1) is 0 Å². The van der Waals surface area contributed by atoms with E-state index in [4.69, 9.17) is 9.98 Å². The van der Waals surface area contributed by atoms with E-state index >= 15 is 0 Å². The number of hydrogen-bond acceptors (Lipinski definition) is 7. The number of aromatic nitrogens is 2. The molecule has 0 aromatic carbocycles. The van der Waals surface area contributed by atoms with Crippen molar-refractivity contribution < 1.29 is 5.11 Å². The van der Waals surface area contributed by atoms with E-state index in [1.165, 1.54) is 0 Å². The fraction of sp³-hybridized carbons (Fsp3) is 0.478. The molecule has 2 aliphatic rings. The average molecular weight is 441 g/mol. The molecule has 1 unspecified atom stereocenters. The highest BCUT2D eigenvalue weighted by Gasteiger charge is 2.26. The number of rotatable bonds is 9. The fourth-order valence-electron chi connectivity index (χ4n) is 3.79. The van der Waals surface area contributed by atoms with Crippen molar-refractivity contribution in [1.29, 1.82) is 0 Å². The topological polar surface area (TPSA) is 68.9 Å². The Morgan fingerprint density at radius 1 is 1.32 bits per heavy atom. The van der Waals surface area contributed by atoms with Gasteiger partial charge in [-0.3, -0.25) is 10.4 Å². The highest BCUT2D eigenvalue weighted by molar-refractivity contribution is 7.13. The Bertz CT molecular complexity index is 974. The predicted octanol–water partition coefficient (Wildman–Crippen LogP) is 3.26. The van der Waals surface area contributed by atoms with Gasteiger partial charge in [0.2, 0.25) is 0 Å². The molecule has 4 rings (SSSR count). The molecule has 2 N–H and O–H groups in total. The summed E-state index contributed by atoms with van der Waals surface area (Å²) in [6.45, 7) is 7.52. The minimum Gasteiger partial charge on any atom is -0.390 e. The molecule has 31 heavy (non-hydrogen) atoms. The first kappa shape index (κ1) is 21.8. The fourth-order valence-corrected chi connectivity index (χ4v) is 4.47. The number of nitrogens with zero attached hydrogens (tertiary/aromatic N) is 5. The maximum Gasteiger partial charge on any atom is 0.160 e. The molecule has 0 amide bonds. The second kappa shape index (κ2) is 9.38. The number of aliphatic imine (C=N–C) groups is 1. The van der Waals surface area contributed by atoms with Crippen LogP contribution in [0.15, 0.2) is 52.6 Å². The van der Waals surface area contributed by atoms with Crippen LogP contribution >= 0.6 is 11.3 Å². The smallest absolute Gasteiger partial charge is 0.160 e. The Kier molecular flexibility index (Phi) is 6.60. The van der Waals surface area contributed by atoms with Gasteiger partial charge in [-0.05, 0) is 51.4 Å². The molecule has 0 spiro atoms. The summed E-state index contributed by atoms with van der Waals surface area (Å²) in [6.07, 6.45) is 9.42. The molecule has 166 valence electrons. The number of thiophene rings is 1. The van der Waals surface area contributed by atoms with Crippen LogP contribution in [0.3, 0.4) is 0 Å². The van der Waals surface area contributed by atoms with Gasteiger partial charge in [-0.2, -0.15) is 0 Å². The molecule has 2 atom stereocenters. The zero-order valence-electron chi connectivity index (χ0n) is 18.7. The Labute approximate surface area is 188 Å². The highest BCUT2D eigenvalue weighted by Crippen LogP contribution is 2.25. The predicted molar refractivity (Wildman–Crippen MR) is 127 cm³/mol. The summed E-state index contributed by atoms with van der Waals surface area (Å²) in [5.41, 5.74) is 5.54. The standard InChI is InChI=1S/C23H32N6OS/c1-16(2)27(4)13-18(30)14-28-15-19(20-8-6-12-31-20)24-22(28)11-10-21-25-23-9-5-7-17(3)29(23)26-21/h5-9,12,15-16,18,23,30H,10-11,13-14H2,1-4H3,(H,25,26)/t18-,23?/m0/s1. The molecular formula is C23H32N6OS. The molecule has 7 nitrogen and oxygen atoms in total. The van der Waals surface area contributed by atoms with Gasteiger partial charge in [0.05, 0.1) is 23.2 Å². The first-order valence-electron chi connectivity index (χ1n) is 10.9. The van der Waals surface area contributed by atoms with Crippen LogP contribution in [0.2, 0.25) is 0 Å². The lowest BCUT2D eigenvalue weighted by molar-refractivity contribution is 0.0966. The summed E-state index contributed by atoms with van der Waals surface area (Å²) in [6, 6.07) is 4.53. The molecule has 0 saturated carbocycles. The molecule has 8 heteroatoms. The summed E-state index contributed by atoms with van der Waals surface area (Å²) in [5, 5.41) is 14.8. The number of hydrazine groups is 1. The van der Waals surface area contributed by atoms with Crippen LogP contribution in [-0.4, -0.2) is 62.3 Å². The number of aliphatic hydroxyl groups is 1. The maximum atomic E-state index is 10.7. The largest absolute Gasteiger partial charge is 0.390 e. The van der Waals surface area contributed by atoms with Crippen molar-refractivity contribution in [1.82, 2.24) is 24.9 Å². The average Bonchev–Trinajstić information content (AvgIpc) is 3.46. The van der Waals surface area contributed by atoms with Gasteiger partial charge >= 0.3 is 0 Å². The summed E-state index contributed by atoms with van der Waals surface area (Å²) in [4.78, 5) is 13.0. The second-order valence-electron chi connectivity index (χ2n) is 8.52. The van der Waals surface area contributed by atoms with Crippen molar-refractivity contribution in [2.45, 2.75) is 58.5 Å². The monoisotopic (exact) mass is 440 g/mol. The van der Waals surface area contributed by atoms with Gasteiger partial charge in [0.1, 0.15) is 11.7 Å². The number of aliphatic hydroxyl groups excluding tert-OH is 1. The zero-order chi connectivity index (χ0) is 22.0. The van der Waals surface area contributed by atoms with E-state index in [2.05, 4.69) is 76.5 Å². The lowest BCUT2D eigenvalue weighted by atomic mass is 10.2. The molecular weight excluding hydrogens is 408 g/mol. The molecule has 0 bridgehead atoms. The summed E-state index contributed by atoms with van der Waals surface area (Å²) in [7, 11) is 2.04. The van der Waals surface area contributed by atoms with Gasteiger partial charge in [-0.1, -0.05) is 12.1 Å². The van der Waals surface area contributed by atoms with Gasteiger partial charge in [-0.25, -0.2) is 9.98 Å². The van der Waals surface area contributed by atoms with Gasteiger partial charge in [-0.15, -0.1) is 11.3 Å². The lowest BCUT2D eigenvalue weighted by Crippen LogP contribution is -2.39. The number of amidine groups is 1. The number of nitrogens with one attached hydrogen (secondary N) is 1. The summed E-state index contributed by atoms with van der Waals surface area (Å²) >= 11 is 1.69. The molecule has 2 aromatic heterocycles. The number of imidazole rings is 1. The van der Waals surface area contributed by atoms with Gasteiger partial charge in [0.15, 0.2) is 6.17 Å². The normalized spacial score (nSPS) is 18.9. The quantitative estimate of drug-likeness (QED) is 0.626. The SMILES string of the molecule is CC1=CC=CC2N=C(CCc3nc(-c4cccs4)cn3C[C@@H](O)CN(C)C(C)C)NN12. The lowest BCUT2D eigenvalue weighted by Gasteiger charge is -2.26. The minimum atomic E-state index is -0.453. The van der Waals surface area contributed by atoms with E-state index in [9.17, 15) is 5.11 Å². The second-order valence-corrected chi connectivity index (χ2v) is 9.47. The first-order chi connectivity index (χ1) is 14.9. The van der Waals surface area contributed by atoms with Crippen molar-refractivity contribution in [3.63, 3.8) is 0 Å². The third-order valence-corrected chi connectivity index (χ3v) is 6.70. The third-order valence-electron chi connectivity index (χ3n) is 5.81. The highest BCUT2D eigenvalue weighted by atomic mass is 32.1. The van der Waals surface area contributed by atoms with E-state index in [0.29, 0.717) is 19.1 Å². The minimum absolute atomic E-state index is 0.0369. The number of fused-ring (bicyclic) bond motifs is 1. The van der Waals surface area contributed by atoms with Crippen molar-refractivity contribution in [3.8, 4) is 10.6 Å². The molecule has 4 heterocycles. The number of allylic oxidation sites excluding steroid dienone is 3. The zero-order valence-corrected chi connectivity index (χ0v) is 19.5. The van der Waals surface area contributed by atoms with E-state index in [1.807, 2.05) is 13.1 Å². The van der Waals surface area contributed by atoms with E-state index in [0.717, 1.165) is 40.8 Å². The Hall–Kier alpha value is -2.42. The van der Waals surface area contributed by atoms with E-state index in [-0.39, 0.29) is 6.17 Å².